The predicted octanol–water partition coefficient (Wildman–Crippen LogP) is 4.38. The van der Waals surface area contributed by atoms with Gasteiger partial charge in [-0.3, -0.25) is 0 Å². The van der Waals surface area contributed by atoms with E-state index in [1.165, 1.54) is 39.2 Å². The average molecular weight is 468 g/mol. The number of hydrogen-bond acceptors (Lipinski definition) is 6. The van der Waals surface area contributed by atoms with Crippen molar-refractivity contribution in [2.24, 2.45) is 0 Å². The molecule has 25 heavy (non-hydrogen) atoms. The summed E-state index contributed by atoms with van der Waals surface area (Å²) in [6, 6.07) is 4.48. The molecule has 1 aromatic rings. The van der Waals surface area contributed by atoms with E-state index in [1.807, 2.05) is 0 Å². The first kappa shape index (κ1) is 22.4. The van der Waals surface area contributed by atoms with Gasteiger partial charge in [0.1, 0.15) is 5.57 Å². The molecule has 0 saturated carbocycles. The van der Waals surface area contributed by atoms with Crippen molar-refractivity contribution >= 4 is 55.2 Å². The van der Waals surface area contributed by atoms with Crippen molar-refractivity contribution in [3.05, 3.63) is 29.3 Å². The first-order valence-electron chi connectivity index (χ1n) is 6.63. The molecule has 0 unspecified atom stereocenters. The van der Waals surface area contributed by atoms with E-state index >= 15 is 0 Å². The van der Waals surface area contributed by atoms with Gasteiger partial charge in [0.25, 0.3) is 5.79 Å². The van der Waals surface area contributed by atoms with Crippen LogP contribution in [0.5, 0.6) is 11.5 Å². The van der Waals surface area contributed by atoms with Crippen LogP contribution in [0.15, 0.2) is 23.8 Å². The van der Waals surface area contributed by atoms with Crippen molar-refractivity contribution in [2.75, 3.05) is 7.11 Å². The molecule has 0 spiro atoms. The van der Waals surface area contributed by atoms with Crippen LogP contribution in [0.2, 0.25) is 0 Å². The standard InChI is InChI=1S/C14H14O6.4ClH.Ti/c1-14(2)19-12(16)9(13(17)20-14)6-8-4-5-11(18-3)10(15)7-8;;;;;/h4-7,15H,1-3H3;4*1H;/q;;;;;+4/p-4. The van der Waals surface area contributed by atoms with E-state index in [-0.39, 0.29) is 11.3 Å². The first-order chi connectivity index (χ1) is 11.3. The van der Waals surface area contributed by atoms with Gasteiger partial charge in [0.2, 0.25) is 0 Å². The van der Waals surface area contributed by atoms with Gasteiger partial charge >= 0.3 is 61.5 Å². The number of halogens is 4. The number of phenolic OH excluding ortho intramolecular Hbond substituents is 1. The summed E-state index contributed by atoms with van der Waals surface area (Å²) in [6.07, 6.45) is 1.29. The van der Waals surface area contributed by atoms with Gasteiger partial charge < -0.3 is 19.3 Å². The molecule has 0 atom stereocenters. The molecule has 1 fully saturated rings. The minimum absolute atomic E-state index is 0.0975. The maximum atomic E-state index is 11.8. The Labute approximate surface area is 163 Å². The quantitative estimate of drug-likeness (QED) is 0.301. The molecule has 1 heterocycles. The van der Waals surface area contributed by atoms with Crippen molar-refractivity contribution in [2.45, 2.75) is 19.6 Å². The zero-order valence-electron chi connectivity index (χ0n) is 13.3. The van der Waals surface area contributed by atoms with Crippen LogP contribution < -0.4 is 4.74 Å². The Morgan fingerprint density at radius 3 is 2.00 bits per heavy atom. The van der Waals surface area contributed by atoms with Crippen LogP contribution >= 0.6 is 37.2 Å². The third-order valence-corrected chi connectivity index (χ3v) is 2.63. The number of cyclic esters (lactones) is 2. The molecule has 1 aromatic carbocycles. The van der Waals surface area contributed by atoms with E-state index in [0.717, 1.165) is 0 Å². The number of ether oxygens (including phenoxy) is 3. The fourth-order valence-corrected chi connectivity index (χ4v) is 1.74. The summed E-state index contributed by atoms with van der Waals surface area (Å²) in [5.74, 6) is -2.60. The van der Waals surface area contributed by atoms with Crippen LogP contribution in [-0.2, 0) is 31.4 Å². The molecule has 1 N–H and O–H groups in total. The van der Waals surface area contributed by atoms with Crippen LogP contribution in [0.4, 0.5) is 0 Å². The molecular formula is C14H14Cl4O6Ti. The second-order valence-corrected chi connectivity index (χ2v) is 20.6. The van der Waals surface area contributed by atoms with E-state index in [2.05, 4.69) is 0 Å². The van der Waals surface area contributed by atoms with E-state index < -0.39 is 30.1 Å². The van der Waals surface area contributed by atoms with Gasteiger partial charge in [-0.15, -0.1) is 0 Å². The number of phenols is 1. The molecule has 0 radical (unpaired) electrons. The summed E-state index contributed by atoms with van der Waals surface area (Å²) in [5, 5.41) is 9.65. The predicted molar refractivity (Wildman–Crippen MR) is 92.3 cm³/mol. The third-order valence-electron chi connectivity index (χ3n) is 2.63. The van der Waals surface area contributed by atoms with Crippen LogP contribution in [0.3, 0.4) is 0 Å². The molecule has 1 aliphatic heterocycles. The Bertz CT molecular complexity index is 671. The average Bonchev–Trinajstić information content (AvgIpc) is 2.40. The van der Waals surface area contributed by atoms with Gasteiger partial charge in [-0.05, 0) is 23.8 Å². The normalized spacial score (nSPS) is 16.2. The van der Waals surface area contributed by atoms with Gasteiger partial charge in [-0.2, -0.15) is 0 Å². The van der Waals surface area contributed by atoms with Gasteiger partial charge in [0.15, 0.2) is 11.5 Å². The Morgan fingerprint density at radius 1 is 1.12 bits per heavy atom. The number of benzene rings is 1. The van der Waals surface area contributed by atoms with Crippen LogP contribution in [0.25, 0.3) is 6.08 Å². The SMILES string of the molecule is COc1ccc(C=C2C(=O)OC(C)(C)OC2=O)cc1O.[Cl][Ti]([Cl])([Cl])[Cl]. The van der Waals surface area contributed by atoms with Gasteiger partial charge in [-0.1, -0.05) is 6.07 Å². The zero-order chi connectivity index (χ0) is 19.4. The molecule has 0 amide bonds. The number of esters is 2. The van der Waals surface area contributed by atoms with Crippen molar-refractivity contribution in [3.63, 3.8) is 0 Å². The molecule has 1 saturated heterocycles. The van der Waals surface area contributed by atoms with Crippen molar-refractivity contribution in [1.82, 2.24) is 0 Å². The van der Waals surface area contributed by atoms with Crippen molar-refractivity contribution in [3.8, 4) is 11.5 Å². The van der Waals surface area contributed by atoms with Crippen LogP contribution in [0, 0.1) is 0 Å². The molecule has 0 aromatic heterocycles. The molecular weight excluding hydrogens is 454 g/mol. The second kappa shape index (κ2) is 8.84. The summed E-state index contributed by atoms with van der Waals surface area (Å²) >= 11 is -3.11. The number of carbonyl (C=O) groups is 2. The van der Waals surface area contributed by atoms with Gasteiger partial charge in [0.05, 0.1) is 7.11 Å². The topological polar surface area (TPSA) is 82.1 Å². The molecule has 6 nitrogen and oxygen atoms in total. The molecule has 0 aliphatic carbocycles. The first-order valence-corrected chi connectivity index (χ1v) is 15.2. The summed E-state index contributed by atoms with van der Waals surface area (Å²) in [6.45, 7) is 2.94. The molecule has 2 rings (SSSR count). The Hall–Kier alpha value is -0.626. The Kier molecular flexibility index (Phi) is 7.93. The summed E-state index contributed by atoms with van der Waals surface area (Å²) in [7, 11) is 21.5. The Balaban J connectivity index is 0.000000550. The summed E-state index contributed by atoms with van der Waals surface area (Å²) in [5.41, 5.74) is 0.223. The molecule has 1 aliphatic rings. The number of carbonyl (C=O) groups excluding carboxylic acids is 2. The summed E-state index contributed by atoms with van der Waals surface area (Å²) in [4.78, 5) is 23.5. The fourth-order valence-electron chi connectivity index (χ4n) is 1.74. The van der Waals surface area contributed by atoms with Gasteiger partial charge in [0, 0.05) is 13.8 Å². The molecule has 11 heteroatoms. The Morgan fingerprint density at radius 2 is 1.60 bits per heavy atom. The second-order valence-electron chi connectivity index (χ2n) is 5.10. The van der Waals surface area contributed by atoms with E-state index in [4.69, 9.17) is 51.4 Å². The molecule has 0 bridgehead atoms. The summed E-state index contributed by atoms with van der Waals surface area (Å²) < 4.78 is 14.8. The van der Waals surface area contributed by atoms with Crippen LogP contribution in [-0.4, -0.2) is 29.9 Å². The minimum atomic E-state index is -3.11. The maximum absolute atomic E-state index is 11.8. The van der Waals surface area contributed by atoms with Gasteiger partial charge in [-0.25, -0.2) is 9.59 Å². The van der Waals surface area contributed by atoms with Crippen molar-refractivity contribution < 1.29 is 41.3 Å². The molecule has 138 valence electrons. The van der Waals surface area contributed by atoms with E-state index in [0.29, 0.717) is 11.3 Å². The van der Waals surface area contributed by atoms with E-state index in [1.54, 1.807) is 6.07 Å². The van der Waals surface area contributed by atoms with Crippen molar-refractivity contribution in [1.29, 1.82) is 0 Å². The number of hydrogen-bond donors (Lipinski definition) is 1. The van der Waals surface area contributed by atoms with Crippen LogP contribution in [0.1, 0.15) is 19.4 Å². The fraction of sp³-hybridized carbons (Fsp3) is 0.286. The number of rotatable bonds is 2. The zero-order valence-corrected chi connectivity index (χ0v) is 17.9. The monoisotopic (exact) mass is 466 g/mol. The number of aromatic hydroxyl groups is 1. The third kappa shape index (κ3) is 8.07. The number of methoxy groups -OCH3 is 1. The van der Waals surface area contributed by atoms with E-state index in [9.17, 15) is 14.7 Å².